The number of carbonyl (C=O) groups excluding carboxylic acids is 2. The van der Waals surface area contributed by atoms with Gasteiger partial charge in [0.05, 0.1) is 23.2 Å². The fourth-order valence-electron chi connectivity index (χ4n) is 3.05. The van der Waals surface area contributed by atoms with Crippen molar-refractivity contribution in [1.29, 1.82) is 0 Å². The summed E-state index contributed by atoms with van der Waals surface area (Å²) in [5, 5.41) is 9.80. The normalized spacial score (nSPS) is 18.0. The van der Waals surface area contributed by atoms with Crippen LogP contribution in [0.15, 0.2) is 34.8 Å². The Bertz CT molecular complexity index is 986. The minimum absolute atomic E-state index is 0.0280. The van der Waals surface area contributed by atoms with Gasteiger partial charge in [0.2, 0.25) is 5.91 Å². The van der Waals surface area contributed by atoms with Crippen molar-refractivity contribution in [2.45, 2.75) is 25.8 Å². The van der Waals surface area contributed by atoms with Crippen molar-refractivity contribution >= 4 is 43.4 Å². The maximum Gasteiger partial charge on any atom is 0.251 e. The molecule has 1 aliphatic heterocycles. The van der Waals surface area contributed by atoms with E-state index in [-0.39, 0.29) is 42.3 Å². The summed E-state index contributed by atoms with van der Waals surface area (Å²) in [7, 11) is -3.06. The zero-order valence-electron chi connectivity index (χ0n) is 15.3. The highest BCUT2D eigenvalue weighted by Gasteiger charge is 2.31. The zero-order chi connectivity index (χ0) is 20.3. The van der Waals surface area contributed by atoms with Gasteiger partial charge in [-0.2, -0.15) is 5.10 Å². The van der Waals surface area contributed by atoms with Crippen LogP contribution >= 0.6 is 15.9 Å². The second-order valence-corrected chi connectivity index (χ2v) is 9.88. The van der Waals surface area contributed by atoms with Crippen LogP contribution < -0.4 is 10.6 Å². The molecule has 0 spiro atoms. The molecule has 2 amide bonds. The number of anilines is 1. The van der Waals surface area contributed by atoms with Crippen LogP contribution in [0.4, 0.5) is 5.82 Å². The molecule has 150 valence electrons. The molecule has 1 fully saturated rings. The first-order valence-corrected chi connectivity index (χ1v) is 11.5. The monoisotopic (exact) mass is 468 g/mol. The number of nitrogens with one attached hydrogen (secondary N) is 2. The van der Waals surface area contributed by atoms with E-state index in [4.69, 9.17) is 0 Å². The van der Waals surface area contributed by atoms with Crippen molar-refractivity contribution in [2.24, 2.45) is 0 Å². The van der Waals surface area contributed by atoms with Gasteiger partial charge in [0, 0.05) is 29.1 Å². The SMILES string of the molecule is Cc1cc(NC(=O)CCNC(=O)c2ccc(Br)cc2)n(C2CCS(=O)(=O)C2)n1. The van der Waals surface area contributed by atoms with Crippen molar-refractivity contribution in [3.8, 4) is 0 Å². The van der Waals surface area contributed by atoms with Gasteiger partial charge in [-0.1, -0.05) is 15.9 Å². The number of sulfone groups is 1. The summed E-state index contributed by atoms with van der Waals surface area (Å²) < 4.78 is 25.9. The molecule has 0 aliphatic carbocycles. The number of halogens is 1. The van der Waals surface area contributed by atoms with Crippen molar-refractivity contribution in [3.05, 3.63) is 46.1 Å². The van der Waals surface area contributed by atoms with Crippen LogP contribution in [0.3, 0.4) is 0 Å². The summed E-state index contributed by atoms with van der Waals surface area (Å²) in [6, 6.07) is 8.37. The van der Waals surface area contributed by atoms with Crippen LogP contribution in [0.2, 0.25) is 0 Å². The van der Waals surface area contributed by atoms with Gasteiger partial charge in [0.1, 0.15) is 5.82 Å². The number of nitrogens with zero attached hydrogens (tertiary/aromatic N) is 2. The van der Waals surface area contributed by atoms with E-state index in [9.17, 15) is 18.0 Å². The van der Waals surface area contributed by atoms with Crippen LogP contribution in [0.25, 0.3) is 0 Å². The van der Waals surface area contributed by atoms with Crippen LogP contribution in [-0.2, 0) is 14.6 Å². The van der Waals surface area contributed by atoms with E-state index in [0.717, 1.165) is 4.47 Å². The molecule has 2 aromatic rings. The third-order valence-electron chi connectivity index (χ3n) is 4.42. The molecule has 0 saturated carbocycles. The van der Waals surface area contributed by atoms with E-state index in [1.54, 1.807) is 41.9 Å². The summed E-state index contributed by atoms with van der Waals surface area (Å²) in [5.74, 6) is 0.103. The fourth-order valence-corrected chi connectivity index (χ4v) is 5.01. The van der Waals surface area contributed by atoms with Crippen molar-refractivity contribution in [2.75, 3.05) is 23.4 Å². The van der Waals surface area contributed by atoms with Gasteiger partial charge in [-0.05, 0) is 37.6 Å². The second-order valence-electron chi connectivity index (χ2n) is 6.73. The Morgan fingerprint density at radius 1 is 1.29 bits per heavy atom. The molecule has 2 heterocycles. The smallest absolute Gasteiger partial charge is 0.251 e. The molecule has 1 aromatic carbocycles. The molecule has 10 heteroatoms. The Hall–Kier alpha value is -2.20. The highest BCUT2D eigenvalue weighted by Crippen LogP contribution is 2.27. The Balaban J connectivity index is 1.54. The number of aromatic nitrogens is 2. The third kappa shape index (κ3) is 5.20. The number of aryl methyl sites for hydroxylation is 1. The highest BCUT2D eigenvalue weighted by molar-refractivity contribution is 9.10. The Kier molecular flexibility index (Phi) is 6.19. The molecule has 0 bridgehead atoms. The standard InChI is InChI=1S/C18H21BrN4O4S/c1-12-10-16(23(22-12)15-7-9-28(26,27)11-15)21-17(24)6-8-20-18(25)13-2-4-14(19)5-3-13/h2-5,10,15H,6-9,11H2,1H3,(H,20,25)(H,21,24). The van der Waals surface area contributed by atoms with Crippen LogP contribution in [0.5, 0.6) is 0 Å². The number of carbonyl (C=O) groups is 2. The lowest BCUT2D eigenvalue weighted by Gasteiger charge is -2.14. The van der Waals surface area contributed by atoms with Crippen molar-refractivity contribution < 1.29 is 18.0 Å². The zero-order valence-corrected chi connectivity index (χ0v) is 17.7. The predicted octanol–water partition coefficient (Wildman–Crippen LogP) is 2.07. The van der Waals surface area contributed by atoms with Gasteiger partial charge in [-0.25, -0.2) is 13.1 Å². The van der Waals surface area contributed by atoms with E-state index >= 15 is 0 Å². The lowest BCUT2D eigenvalue weighted by Crippen LogP contribution is -2.28. The molecule has 28 heavy (non-hydrogen) atoms. The summed E-state index contributed by atoms with van der Waals surface area (Å²) in [6.07, 6.45) is 0.574. The molecule has 1 unspecified atom stereocenters. The number of amides is 2. The van der Waals surface area contributed by atoms with E-state index < -0.39 is 9.84 Å². The third-order valence-corrected chi connectivity index (χ3v) is 6.70. The minimum Gasteiger partial charge on any atom is -0.352 e. The van der Waals surface area contributed by atoms with Crippen LogP contribution in [-0.4, -0.2) is 48.1 Å². The molecular weight excluding hydrogens is 448 g/mol. The molecule has 1 aromatic heterocycles. The quantitative estimate of drug-likeness (QED) is 0.673. The summed E-state index contributed by atoms with van der Waals surface area (Å²) >= 11 is 3.31. The first-order valence-electron chi connectivity index (χ1n) is 8.84. The second kappa shape index (κ2) is 8.44. The molecule has 2 N–H and O–H groups in total. The molecule has 1 saturated heterocycles. The van der Waals surface area contributed by atoms with Gasteiger partial charge in [0.25, 0.3) is 5.91 Å². The average Bonchev–Trinajstić information content (AvgIpc) is 3.17. The van der Waals surface area contributed by atoms with Crippen molar-refractivity contribution in [3.63, 3.8) is 0 Å². The van der Waals surface area contributed by atoms with E-state index in [1.165, 1.54) is 0 Å². The molecule has 3 rings (SSSR count). The molecule has 0 radical (unpaired) electrons. The number of hydrogen-bond acceptors (Lipinski definition) is 5. The Morgan fingerprint density at radius 3 is 2.64 bits per heavy atom. The predicted molar refractivity (Wildman–Crippen MR) is 109 cm³/mol. The maximum absolute atomic E-state index is 12.3. The van der Waals surface area contributed by atoms with Gasteiger partial charge < -0.3 is 10.6 Å². The average molecular weight is 469 g/mol. The van der Waals surface area contributed by atoms with Gasteiger partial charge in [-0.3, -0.25) is 9.59 Å². The molecule has 1 aliphatic rings. The minimum atomic E-state index is -3.06. The first kappa shape index (κ1) is 20.5. The summed E-state index contributed by atoms with van der Waals surface area (Å²) in [6.45, 7) is 1.97. The molecule has 8 nitrogen and oxygen atoms in total. The summed E-state index contributed by atoms with van der Waals surface area (Å²) in [4.78, 5) is 24.3. The Morgan fingerprint density at radius 2 is 2.00 bits per heavy atom. The number of rotatable bonds is 6. The van der Waals surface area contributed by atoms with Gasteiger partial charge in [-0.15, -0.1) is 0 Å². The highest BCUT2D eigenvalue weighted by atomic mass is 79.9. The number of hydrogen-bond donors (Lipinski definition) is 2. The topological polar surface area (TPSA) is 110 Å². The summed E-state index contributed by atoms with van der Waals surface area (Å²) in [5.41, 5.74) is 1.21. The van der Waals surface area contributed by atoms with E-state index in [2.05, 4.69) is 31.7 Å². The van der Waals surface area contributed by atoms with E-state index in [0.29, 0.717) is 23.5 Å². The van der Waals surface area contributed by atoms with Crippen LogP contribution in [0, 0.1) is 6.92 Å². The molecule has 1 atom stereocenters. The Labute approximate surface area is 171 Å². The van der Waals surface area contributed by atoms with Gasteiger partial charge >= 0.3 is 0 Å². The molecular formula is C18H21BrN4O4S. The maximum atomic E-state index is 12.3. The van der Waals surface area contributed by atoms with E-state index in [1.807, 2.05) is 0 Å². The largest absolute Gasteiger partial charge is 0.352 e. The number of benzene rings is 1. The first-order chi connectivity index (χ1) is 13.2. The van der Waals surface area contributed by atoms with Gasteiger partial charge in [0.15, 0.2) is 9.84 Å². The fraction of sp³-hybridized carbons (Fsp3) is 0.389. The van der Waals surface area contributed by atoms with Crippen LogP contribution in [0.1, 0.15) is 34.9 Å². The lowest BCUT2D eigenvalue weighted by atomic mass is 10.2. The lowest BCUT2D eigenvalue weighted by molar-refractivity contribution is -0.116. The van der Waals surface area contributed by atoms with Crippen molar-refractivity contribution in [1.82, 2.24) is 15.1 Å².